The number of aromatic nitrogens is 1. The first-order chi connectivity index (χ1) is 24.1. The number of carbonyl (C=O) groups is 2. The number of carbonyl (C=O) groups excluding carboxylic acids is 2. The van der Waals surface area contributed by atoms with Crippen LogP contribution in [-0.4, -0.2) is 55.1 Å². The van der Waals surface area contributed by atoms with Crippen molar-refractivity contribution in [2.45, 2.75) is 62.9 Å². The molecular weight excluding hydrogens is 699 g/mol. The number of fused-ring (bicyclic) bond motifs is 1. The lowest BCUT2D eigenvalue weighted by atomic mass is 9.77. The number of benzene rings is 3. The number of hydrogen-bond donors (Lipinski definition) is 2. The van der Waals surface area contributed by atoms with E-state index in [1.54, 1.807) is 54.7 Å². The molecule has 10 nitrogen and oxygen atoms in total. The molecule has 6 rings (SSSR count). The lowest BCUT2D eigenvalue weighted by Gasteiger charge is -2.49. The number of halogens is 2. The van der Waals surface area contributed by atoms with Crippen molar-refractivity contribution in [3.05, 3.63) is 135 Å². The molecule has 1 aromatic heterocycles. The van der Waals surface area contributed by atoms with Crippen molar-refractivity contribution in [2.24, 2.45) is 0 Å². The van der Waals surface area contributed by atoms with Crippen LogP contribution in [0.4, 0.5) is 0 Å². The number of nitrogens with one attached hydrogen (secondary N) is 2. The molecular formula is C37H38Cl2N4O6S. The molecule has 2 N–H and O–H groups in total. The van der Waals surface area contributed by atoms with Gasteiger partial charge in [-0.1, -0.05) is 78.5 Å². The molecule has 0 bridgehead atoms. The van der Waals surface area contributed by atoms with Crippen molar-refractivity contribution in [2.75, 3.05) is 12.8 Å². The van der Waals surface area contributed by atoms with Crippen LogP contribution in [-0.2, 0) is 32.8 Å². The third-order valence-corrected chi connectivity index (χ3v) is 10.4. The molecule has 50 heavy (non-hydrogen) atoms. The Morgan fingerprint density at radius 3 is 2.48 bits per heavy atom. The van der Waals surface area contributed by atoms with Gasteiger partial charge in [0.25, 0.3) is 5.91 Å². The molecule has 0 spiro atoms. The summed E-state index contributed by atoms with van der Waals surface area (Å²) in [5.41, 5.74) is 7.05. The Hall–Kier alpha value is -3.84. The highest BCUT2D eigenvalue weighted by Crippen LogP contribution is 2.47. The minimum Gasteiger partial charge on any atom is -0.457 e. The minimum atomic E-state index is -3.54. The van der Waals surface area contributed by atoms with Crippen molar-refractivity contribution in [1.82, 2.24) is 20.1 Å². The molecule has 2 heterocycles. The molecule has 0 radical (unpaired) electrons. The molecule has 1 amide bonds. The lowest BCUT2D eigenvalue weighted by molar-refractivity contribution is 0.00596. The Kier molecular flexibility index (Phi) is 11.5. The summed E-state index contributed by atoms with van der Waals surface area (Å²) in [7, 11) is -3.54. The SMILES string of the molecule is CS(=O)(=O)N[C@H]1CCCC[C@@H]1N1C(=O)c2ccccc2[C@@H](CNOCc2cc(COC(=O)c3ccccc3)ccn2)[C@@H]1c1ccc(Cl)cc1Cl. The number of nitrogens with zero attached hydrogens (tertiary/aromatic N) is 2. The minimum absolute atomic E-state index is 0.0826. The van der Waals surface area contributed by atoms with Gasteiger partial charge in [0.2, 0.25) is 10.0 Å². The molecule has 2 aliphatic rings. The van der Waals surface area contributed by atoms with Crippen molar-refractivity contribution >= 4 is 45.1 Å². The molecule has 1 aliphatic carbocycles. The van der Waals surface area contributed by atoms with E-state index in [4.69, 9.17) is 32.8 Å². The van der Waals surface area contributed by atoms with Crippen LogP contribution in [0.15, 0.2) is 91.1 Å². The second-order valence-electron chi connectivity index (χ2n) is 12.6. The number of amides is 1. The Morgan fingerprint density at radius 2 is 1.70 bits per heavy atom. The Balaban J connectivity index is 1.24. The first-order valence-electron chi connectivity index (χ1n) is 16.4. The maximum absolute atomic E-state index is 14.4. The number of esters is 1. The van der Waals surface area contributed by atoms with E-state index in [0.29, 0.717) is 45.3 Å². The van der Waals surface area contributed by atoms with E-state index >= 15 is 0 Å². The molecule has 3 aromatic carbocycles. The first-order valence-corrected chi connectivity index (χ1v) is 19.1. The summed E-state index contributed by atoms with van der Waals surface area (Å²) in [6, 6.07) is 23.6. The van der Waals surface area contributed by atoms with Crippen LogP contribution in [0.5, 0.6) is 0 Å². The van der Waals surface area contributed by atoms with Gasteiger partial charge in [-0.3, -0.25) is 14.6 Å². The predicted octanol–water partition coefficient (Wildman–Crippen LogP) is 6.61. The highest BCUT2D eigenvalue weighted by Gasteiger charge is 2.47. The van der Waals surface area contributed by atoms with Crippen LogP contribution in [0.1, 0.15) is 80.7 Å². The normalized spacial score (nSPS) is 20.7. The Labute approximate surface area is 302 Å². The van der Waals surface area contributed by atoms with Gasteiger partial charge in [0.05, 0.1) is 23.6 Å². The van der Waals surface area contributed by atoms with E-state index in [1.807, 2.05) is 41.3 Å². The fraction of sp³-hybridized carbons (Fsp3) is 0.324. The first kappa shape index (κ1) is 36.0. The highest BCUT2D eigenvalue weighted by molar-refractivity contribution is 7.88. The van der Waals surface area contributed by atoms with Gasteiger partial charge in [-0.2, -0.15) is 0 Å². The average molecular weight is 738 g/mol. The zero-order valence-corrected chi connectivity index (χ0v) is 29.8. The predicted molar refractivity (Wildman–Crippen MR) is 191 cm³/mol. The summed E-state index contributed by atoms with van der Waals surface area (Å²) in [6.07, 6.45) is 5.71. The van der Waals surface area contributed by atoms with Gasteiger partial charge in [-0.15, -0.1) is 0 Å². The highest BCUT2D eigenvalue weighted by atomic mass is 35.5. The molecule has 4 aromatic rings. The molecule has 262 valence electrons. The number of ether oxygens (including phenoxy) is 1. The lowest BCUT2D eigenvalue weighted by Crippen LogP contribution is -2.58. The number of rotatable bonds is 12. The third kappa shape index (κ3) is 8.54. The average Bonchev–Trinajstić information content (AvgIpc) is 3.10. The maximum atomic E-state index is 14.4. The summed E-state index contributed by atoms with van der Waals surface area (Å²) < 4.78 is 33.2. The summed E-state index contributed by atoms with van der Waals surface area (Å²) in [5, 5.41) is 0.868. The molecule has 1 aliphatic heterocycles. The summed E-state index contributed by atoms with van der Waals surface area (Å²) in [4.78, 5) is 39.0. The number of sulfonamides is 1. The zero-order valence-electron chi connectivity index (χ0n) is 27.4. The second-order valence-corrected chi connectivity index (χ2v) is 15.2. The van der Waals surface area contributed by atoms with E-state index < -0.39 is 34.1 Å². The number of hydroxylamine groups is 1. The molecule has 0 saturated heterocycles. The van der Waals surface area contributed by atoms with Crippen LogP contribution in [0.3, 0.4) is 0 Å². The zero-order chi connectivity index (χ0) is 35.3. The largest absolute Gasteiger partial charge is 0.457 e. The Morgan fingerprint density at radius 1 is 0.940 bits per heavy atom. The van der Waals surface area contributed by atoms with E-state index in [-0.39, 0.29) is 31.6 Å². The smallest absolute Gasteiger partial charge is 0.338 e. The van der Waals surface area contributed by atoms with Gasteiger partial charge in [-0.05, 0) is 72.0 Å². The van der Waals surface area contributed by atoms with Crippen LogP contribution in [0, 0.1) is 0 Å². The van der Waals surface area contributed by atoms with E-state index in [9.17, 15) is 18.0 Å². The third-order valence-electron chi connectivity index (χ3n) is 9.13. The van der Waals surface area contributed by atoms with Gasteiger partial charge < -0.3 is 9.64 Å². The fourth-order valence-electron chi connectivity index (χ4n) is 6.96. The quantitative estimate of drug-likeness (QED) is 0.0946. The Bertz CT molecular complexity index is 1950. The monoisotopic (exact) mass is 736 g/mol. The summed E-state index contributed by atoms with van der Waals surface area (Å²) in [6.45, 7) is 0.488. The summed E-state index contributed by atoms with van der Waals surface area (Å²) >= 11 is 13.2. The summed E-state index contributed by atoms with van der Waals surface area (Å²) in [5.74, 6) is -0.931. The van der Waals surface area contributed by atoms with Crippen molar-refractivity contribution in [1.29, 1.82) is 0 Å². The second kappa shape index (κ2) is 16.0. The molecule has 4 atom stereocenters. The van der Waals surface area contributed by atoms with Crippen molar-refractivity contribution in [3.8, 4) is 0 Å². The van der Waals surface area contributed by atoms with Gasteiger partial charge in [0.15, 0.2) is 0 Å². The molecule has 1 saturated carbocycles. The van der Waals surface area contributed by atoms with Crippen molar-refractivity contribution < 1.29 is 27.6 Å². The van der Waals surface area contributed by atoms with Crippen LogP contribution < -0.4 is 10.2 Å². The molecule has 1 fully saturated rings. The fourth-order valence-corrected chi connectivity index (χ4v) is 8.31. The molecule has 0 unspecified atom stereocenters. The van der Waals surface area contributed by atoms with Gasteiger partial charge in [0, 0.05) is 46.4 Å². The van der Waals surface area contributed by atoms with Crippen LogP contribution >= 0.6 is 23.2 Å². The number of hydrogen-bond acceptors (Lipinski definition) is 8. The van der Waals surface area contributed by atoms with Gasteiger partial charge in [-0.25, -0.2) is 23.4 Å². The van der Waals surface area contributed by atoms with E-state index in [0.717, 1.165) is 30.2 Å². The van der Waals surface area contributed by atoms with E-state index in [1.165, 1.54) is 0 Å². The van der Waals surface area contributed by atoms with Crippen LogP contribution in [0.25, 0.3) is 0 Å². The number of pyridine rings is 1. The van der Waals surface area contributed by atoms with Gasteiger partial charge in [0.1, 0.15) is 13.2 Å². The molecule has 13 heteroatoms. The van der Waals surface area contributed by atoms with Crippen LogP contribution in [0.2, 0.25) is 10.0 Å². The maximum Gasteiger partial charge on any atom is 0.338 e. The van der Waals surface area contributed by atoms with E-state index in [2.05, 4.69) is 15.2 Å². The van der Waals surface area contributed by atoms with Crippen molar-refractivity contribution in [3.63, 3.8) is 0 Å². The van der Waals surface area contributed by atoms with Gasteiger partial charge >= 0.3 is 5.97 Å². The standard InChI is InChI=1S/C37H38Cl2N4O6S/c1-50(46,47)42-33-13-7-8-14-34(33)43-35(30-16-15-26(38)20-32(30)39)31(28-11-5-6-12-29(28)36(43)44)21-41-49-23-27-19-24(17-18-40-27)22-48-37(45)25-9-3-2-4-10-25/h2-6,9-12,15-20,31,33-35,41-42H,7-8,13-14,21-23H2,1H3/t31-,33+,34+,35+/m1/s1. The topological polar surface area (TPSA) is 127 Å².